The number of halogens is 3. The fourth-order valence-electron chi connectivity index (χ4n) is 2.67. The standard InChI is InChI=1S/C16H23BrClFO2Si/c1-4-22(5-2,6-3)21-16(9-10-16)11-20-13-8-7-12(17)15(19)14(13)18/h7-8H,4-6,9-11H2,1-3H3. The van der Waals surface area contributed by atoms with Gasteiger partial charge in [-0.15, -0.1) is 0 Å². The molecule has 0 aromatic heterocycles. The predicted molar refractivity (Wildman–Crippen MR) is 94.9 cm³/mol. The highest BCUT2D eigenvalue weighted by Gasteiger charge is 2.50. The van der Waals surface area contributed by atoms with Crippen molar-refractivity contribution in [1.29, 1.82) is 0 Å². The van der Waals surface area contributed by atoms with Crippen LogP contribution in [0.2, 0.25) is 23.2 Å². The van der Waals surface area contributed by atoms with Gasteiger partial charge in [0.2, 0.25) is 0 Å². The van der Waals surface area contributed by atoms with E-state index in [1.54, 1.807) is 12.1 Å². The summed E-state index contributed by atoms with van der Waals surface area (Å²) in [6.07, 6.45) is 2.02. The normalized spacial score (nSPS) is 16.6. The van der Waals surface area contributed by atoms with E-state index in [0.29, 0.717) is 16.8 Å². The second-order valence-electron chi connectivity index (χ2n) is 5.99. The Morgan fingerprint density at radius 3 is 2.32 bits per heavy atom. The minimum Gasteiger partial charge on any atom is -0.489 e. The summed E-state index contributed by atoms with van der Waals surface area (Å²) in [5.74, 6) is -0.0988. The summed E-state index contributed by atoms with van der Waals surface area (Å²) in [5, 5.41) is 0.0233. The molecule has 0 spiro atoms. The van der Waals surface area contributed by atoms with E-state index >= 15 is 0 Å². The molecule has 1 fully saturated rings. The third-order valence-electron chi connectivity index (χ3n) is 4.66. The zero-order valence-corrected chi connectivity index (χ0v) is 16.7. The first-order chi connectivity index (χ1) is 10.4. The Labute approximate surface area is 146 Å². The predicted octanol–water partition coefficient (Wildman–Crippen LogP) is 6.17. The van der Waals surface area contributed by atoms with E-state index in [2.05, 4.69) is 36.7 Å². The van der Waals surface area contributed by atoms with Gasteiger partial charge in [0.05, 0.1) is 10.1 Å². The van der Waals surface area contributed by atoms with Gasteiger partial charge in [-0.3, -0.25) is 0 Å². The van der Waals surface area contributed by atoms with Gasteiger partial charge in [0.15, 0.2) is 14.1 Å². The van der Waals surface area contributed by atoms with Gasteiger partial charge in [0.25, 0.3) is 0 Å². The van der Waals surface area contributed by atoms with Gasteiger partial charge < -0.3 is 9.16 Å². The number of benzene rings is 1. The Kier molecular flexibility index (Phi) is 5.97. The lowest BCUT2D eigenvalue weighted by Gasteiger charge is -2.33. The summed E-state index contributed by atoms with van der Waals surface area (Å²) in [5.41, 5.74) is -0.179. The van der Waals surface area contributed by atoms with Crippen LogP contribution in [-0.2, 0) is 4.43 Å². The zero-order valence-electron chi connectivity index (χ0n) is 13.3. The lowest BCUT2D eigenvalue weighted by Crippen LogP contribution is -2.43. The Morgan fingerprint density at radius 2 is 1.82 bits per heavy atom. The van der Waals surface area contributed by atoms with Gasteiger partial charge in [0.1, 0.15) is 17.4 Å². The van der Waals surface area contributed by atoms with Crippen molar-refractivity contribution in [2.24, 2.45) is 0 Å². The molecule has 0 amide bonds. The minimum absolute atomic E-state index is 0.0233. The van der Waals surface area contributed by atoms with Gasteiger partial charge in [-0.05, 0) is 59.0 Å². The first kappa shape index (κ1) is 18.2. The maximum atomic E-state index is 13.8. The fourth-order valence-corrected chi connectivity index (χ4v) is 6.45. The summed E-state index contributed by atoms with van der Waals surface area (Å²) in [6, 6.07) is 6.66. The molecular formula is C16H23BrClFO2Si. The first-order valence-corrected chi connectivity index (χ1v) is 11.6. The molecule has 0 unspecified atom stereocenters. The van der Waals surface area contributed by atoms with Crippen LogP contribution < -0.4 is 4.74 Å². The lowest BCUT2D eigenvalue weighted by atomic mass is 10.3. The van der Waals surface area contributed by atoms with E-state index in [0.717, 1.165) is 31.0 Å². The van der Waals surface area contributed by atoms with Gasteiger partial charge in [-0.25, -0.2) is 4.39 Å². The molecule has 0 radical (unpaired) electrons. The van der Waals surface area contributed by atoms with Crippen LogP contribution in [-0.4, -0.2) is 20.5 Å². The van der Waals surface area contributed by atoms with E-state index in [-0.39, 0.29) is 10.6 Å². The molecule has 1 aliphatic rings. The van der Waals surface area contributed by atoms with E-state index < -0.39 is 14.1 Å². The molecule has 1 aromatic carbocycles. The summed E-state index contributed by atoms with van der Waals surface area (Å²) in [6.45, 7) is 7.11. The molecule has 2 rings (SSSR count). The third-order valence-corrected chi connectivity index (χ3v) is 10.4. The molecule has 2 nitrogen and oxygen atoms in total. The van der Waals surface area contributed by atoms with Gasteiger partial charge in [-0.2, -0.15) is 0 Å². The Bertz CT molecular complexity index is 525. The molecule has 0 N–H and O–H groups in total. The molecule has 6 heteroatoms. The molecule has 1 aromatic rings. The van der Waals surface area contributed by atoms with Crippen LogP contribution in [0.5, 0.6) is 5.75 Å². The average molecular weight is 410 g/mol. The first-order valence-electron chi connectivity index (χ1n) is 7.87. The number of rotatable bonds is 8. The van der Waals surface area contributed by atoms with Crippen molar-refractivity contribution in [3.05, 3.63) is 27.4 Å². The van der Waals surface area contributed by atoms with E-state index in [1.807, 2.05) is 0 Å². The van der Waals surface area contributed by atoms with Gasteiger partial charge in [0, 0.05) is 0 Å². The SMILES string of the molecule is CC[Si](CC)(CC)OC1(COc2ccc(Br)c(F)c2Cl)CC1. The Balaban J connectivity index is 2.04. The summed E-state index contributed by atoms with van der Waals surface area (Å²) >= 11 is 9.12. The summed E-state index contributed by atoms with van der Waals surface area (Å²) in [7, 11) is -1.66. The largest absolute Gasteiger partial charge is 0.489 e. The van der Waals surface area contributed by atoms with Crippen LogP contribution in [0, 0.1) is 5.82 Å². The highest BCUT2D eigenvalue weighted by molar-refractivity contribution is 9.10. The second-order valence-corrected chi connectivity index (χ2v) is 11.9. The molecule has 1 saturated carbocycles. The molecule has 0 saturated heterocycles. The van der Waals surface area contributed by atoms with Crippen molar-refractivity contribution in [2.75, 3.05) is 6.61 Å². The fraction of sp³-hybridized carbons (Fsp3) is 0.625. The number of hydrogen-bond acceptors (Lipinski definition) is 2. The van der Waals surface area contributed by atoms with E-state index in [4.69, 9.17) is 20.8 Å². The molecule has 1 aliphatic carbocycles. The molecule has 0 heterocycles. The quantitative estimate of drug-likeness (QED) is 0.377. The highest BCUT2D eigenvalue weighted by Crippen LogP contribution is 2.45. The second kappa shape index (κ2) is 7.20. The third kappa shape index (κ3) is 3.86. The zero-order chi connectivity index (χ0) is 16.4. The van der Waals surface area contributed by atoms with Crippen molar-refractivity contribution < 1.29 is 13.6 Å². The van der Waals surface area contributed by atoms with Crippen LogP contribution in [0.15, 0.2) is 16.6 Å². The van der Waals surface area contributed by atoms with Crippen LogP contribution in [0.3, 0.4) is 0 Å². The lowest BCUT2D eigenvalue weighted by molar-refractivity contribution is 0.0970. The van der Waals surface area contributed by atoms with Crippen LogP contribution in [0.1, 0.15) is 33.6 Å². The van der Waals surface area contributed by atoms with Crippen LogP contribution in [0.25, 0.3) is 0 Å². The molecular weight excluding hydrogens is 387 g/mol. The van der Waals surface area contributed by atoms with E-state index in [1.165, 1.54) is 0 Å². The Hall–Kier alpha value is -0.103. The molecule has 0 atom stereocenters. The van der Waals surface area contributed by atoms with Crippen LogP contribution in [0.4, 0.5) is 4.39 Å². The summed E-state index contributed by atoms with van der Waals surface area (Å²) in [4.78, 5) is 0. The van der Waals surface area contributed by atoms with Crippen molar-refractivity contribution in [3.8, 4) is 5.75 Å². The van der Waals surface area contributed by atoms with Gasteiger partial charge in [-0.1, -0.05) is 32.4 Å². The average Bonchev–Trinajstić information content (AvgIpc) is 3.30. The van der Waals surface area contributed by atoms with Crippen molar-refractivity contribution >= 4 is 35.8 Å². The molecule has 124 valence electrons. The van der Waals surface area contributed by atoms with Gasteiger partial charge >= 0.3 is 0 Å². The van der Waals surface area contributed by atoms with Crippen molar-refractivity contribution in [3.63, 3.8) is 0 Å². The molecule has 0 aliphatic heterocycles. The smallest absolute Gasteiger partial charge is 0.193 e. The summed E-state index contributed by atoms with van der Waals surface area (Å²) < 4.78 is 26.5. The molecule has 0 bridgehead atoms. The Morgan fingerprint density at radius 1 is 1.23 bits per heavy atom. The monoisotopic (exact) mass is 408 g/mol. The highest BCUT2D eigenvalue weighted by atomic mass is 79.9. The maximum Gasteiger partial charge on any atom is 0.193 e. The molecule has 22 heavy (non-hydrogen) atoms. The number of ether oxygens (including phenoxy) is 1. The van der Waals surface area contributed by atoms with Crippen molar-refractivity contribution in [1.82, 2.24) is 0 Å². The minimum atomic E-state index is -1.66. The number of hydrogen-bond donors (Lipinski definition) is 0. The van der Waals surface area contributed by atoms with Crippen molar-refractivity contribution in [2.45, 2.75) is 57.3 Å². The van der Waals surface area contributed by atoms with Crippen LogP contribution >= 0.6 is 27.5 Å². The van der Waals surface area contributed by atoms with E-state index in [9.17, 15) is 4.39 Å². The maximum absolute atomic E-state index is 13.8. The topological polar surface area (TPSA) is 18.5 Å².